The highest BCUT2D eigenvalue weighted by atomic mass is 32.2. The lowest BCUT2D eigenvalue weighted by molar-refractivity contribution is -0.114. The number of aromatic nitrogens is 2. The van der Waals surface area contributed by atoms with Gasteiger partial charge in [0.05, 0.1) is 22.7 Å². The zero-order chi connectivity index (χ0) is 20.6. The van der Waals surface area contributed by atoms with Gasteiger partial charge in [-0.25, -0.2) is 4.98 Å². The highest BCUT2D eigenvalue weighted by Gasteiger charge is 2.11. The summed E-state index contributed by atoms with van der Waals surface area (Å²) in [4.78, 5) is 32.1. The van der Waals surface area contributed by atoms with Gasteiger partial charge in [-0.2, -0.15) is 5.26 Å². The molecule has 0 bridgehead atoms. The van der Waals surface area contributed by atoms with Gasteiger partial charge in [-0.15, -0.1) is 0 Å². The fourth-order valence-corrected chi connectivity index (χ4v) is 3.24. The van der Waals surface area contributed by atoms with Crippen molar-refractivity contribution in [2.75, 3.05) is 16.4 Å². The van der Waals surface area contributed by atoms with Gasteiger partial charge < -0.3 is 10.6 Å². The van der Waals surface area contributed by atoms with E-state index in [4.69, 9.17) is 0 Å². The summed E-state index contributed by atoms with van der Waals surface area (Å²) in [6, 6.07) is 17.8. The van der Waals surface area contributed by atoms with Crippen LogP contribution in [0.5, 0.6) is 0 Å². The van der Waals surface area contributed by atoms with Crippen molar-refractivity contribution in [1.82, 2.24) is 9.97 Å². The molecule has 0 fully saturated rings. The smallest absolute Gasteiger partial charge is 0.234 e. The zero-order valence-corrected chi connectivity index (χ0v) is 16.4. The third-order valence-electron chi connectivity index (χ3n) is 3.74. The van der Waals surface area contributed by atoms with Crippen LogP contribution in [0.1, 0.15) is 12.5 Å². The first kappa shape index (κ1) is 20.0. The Morgan fingerprint density at radius 2 is 1.72 bits per heavy atom. The number of carbonyl (C=O) groups excluding carboxylic acids is 2. The van der Waals surface area contributed by atoms with Crippen LogP contribution in [0, 0.1) is 11.3 Å². The number of carbonyl (C=O) groups is 2. The van der Waals surface area contributed by atoms with Crippen molar-refractivity contribution in [3.63, 3.8) is 0 Å². The summed E-state index contributed by atoms with van der Waals surface area (Å²) in [7, 11) is 0. The van der Waals surface area contributed by atoms with Crippen molar-refractivity contribution < 1.29 is 9.59 Å². The molecule has 0 aliphatic carbocycles. The molecule has 3 rings (SSSR count). The molecule has 2 aromatic heterocycles. The van der Waals surface area contributed by atoms with Gasteiger partial charge in [-0.1, -0.05) is 17.8 Å². The van der Waals surface area contributed by atoms with Crippen LogP contribution in [0.25, 0.3) is 11.4 Å². The summed E-state index contributed by atoms with van der Waals surface area (Å²) in [5.41, 5.74) is 3.00. The average molecular weight is 403 g/mol. The quantitative estimate of drug-likeness (QED) is 0.608. The standard InChI is InChI=1S/C21H17N5O2S/c1-14(27)24-16-6-8-17(9-7-16)25-20(28)13-29-21-15(12-22)5-10-19(26-21)18-4-2-3-11-23-18/h2-11H,13H2,1H3,(H,24,27)(H,25,28). The average Bonchev–Trinajstić information content (AvgIpc) is 2.73. The lowest BCUT2D eigenvalue weighted by atomic mass is 10.2. The second-order valence-electron chi connectivity index (χ2n) is 5.97. The summed E-state index contributed by atoms with van der Waals surface area (Å²) in [5, 5.41) is 15.2. The number of nitrogens with zero attached hydrogens (tertiary/aromatic N) is 3. The van der Waals surface area contributed by atoms with E-state index in [9.17, 15) is 14.9 Å². The van der Waals surface area contributed by atoms with Crippen molar-refractivity contribution in [3.8, 4) is 17.5 Å². The van der Waals surface area contributed by atoms with E-state index >= 15 is 0 Å². The number of rotatable bonds is 6. The largest absolute Gasteiger partial charge is 0.326 e. The van der Waals surface area contributed by atoms with Crippen molar-refractivity contribution in [2.24, 2.45) is 0 Å². The molecular weight excluding hydrogens is 386 g/mol. The van der Waals surface area contributed by atoms with E-state index in [1.165, 1.54) is 18.7 Å². The molecule has 1 aromatic carbocycles. The van der Waals surface area contributed by atoms with Gasteiger partial charge >= 0.3 is 0 Å². The van der Waals surface area contributed by atoms with Crippen LogP contribution < -0.4 is 10.6 Å². The fourth-order valence-electron chi connectivity index (χ4n) is 2.46. The molecule has 0 aliphatic rings. The molecule has 0 unspecified atom stereocenters. The molecule has 144 valence electrons. The molecule has 2 N–H and O–H groups in total. The Balaban J connectivity index is 1.65. The van der Waals surface area contributed by atoms with Crippen molar-refractivity contribution >= 4 is 35.0 Å². The Labute approximate surface area is 172 Å². The molecule has 8 heteroatoms. The molecule has 0 aliphatic heterocycles. The summed E-state index contributed by atoms with van der Waals surface area (Å²) < 4.78 is 0. The third-order valence-corrected chi connectivity index (χ3v) is 4.73. The lowest BCUT2D eigenvalue weighted by Gasteiger charge is -2.08. The van der Waals surface area contributed by atoms with Gasteiger partial charge in [-0.3, -0.25) is 14.6 Å². The molecule has 0 spiro atoms. The number of pyridine rings is 2. The monoisotopic (exact) mass is 403 g/mol. The minimum Gasteiger partial charge on any atom is -0.326 e. The number of amides is 2. The van der Waals surface area contributed by atoms with Crippen LogP contribution in [0.2, 0.25) is 0 Å². The number of hydrogen-bond donors (Lipinski definition) is 2. The number of nitrogens with one attached hydrogen (secondary N) is 2. The Morgan fingerprint density at radius 3 is 2.34 bits per heavy atom. The molecule has 0 radical (unpaired) electrons. The molecule has 0 saturated heterocycles. The maximum absolute atomic E-state index is 12.3. The summed E-state index contributed by atoms with van der Waals surface area (Å²) in [5.74, 6) is -0.288. The summed E-state index contributed by atoms with van der Waals surface area (Å²) in [6.07, 6.45) is 1.67. The van der Waals surface area contributed by atoms with E-state index in [2.05, 4.69) is 26.7 Å². The Kier molecular flexibility index (Phi) is 6.55. The minimum atomic E-state index is -0.226. The molecule has 0 atom stereocenters. The Bertz CT molecular complexity index is 1060. The molecule has 0 saturated carbocycles. The summed E-state index contributed by atoms with van der Waals surface area (Å²) >= 11 is 1.19. The highest BCUT2D eigenvalue weighted by molar-refractivity contribution is 8.00. The minimum absolute atomic E-state index is 0.0980. The van der Waals surface area contributed by atoms with Crippen molar-refractivity contribution in [3.05, 3.63) is 66.4 Å². The van der Waals surface area contributed by atoms with Crippen LogP contribution in [-0.4, -0.2) is 27.5 Å². The molecule has 29 heavy (non-hydrogen) atoms. The highest BCUT2D eigenvalue weighted by Crippen LogP contribution is 2.24. The van der Waals surface area contributed by atoms with Crippen molar-refractivity contribution in [2.45, 2.75) is 11.9 Å². The summed E-state index contributed by atoms with van der Waals surface area (Å²) in [6.45, 7) is 1.43. The lowest BCUT2D eigenvalue weighted by Crippen LogP contribution is -2.14. The number of anilines is 2. The van der Waals surface area contributed by atoms with Gasteiger partial charge in [0.25, 0.3) is 0 Å². The van der Waals surface area contributed by atoms with Crippen LogP contribution >= 0.6 is 11.8 Å². The normalized spacial score (nSPS) is 10.1. The maximum Gasteiger partial charge on any atom is 0.234 e. The first-order chi connectivity index (χ1) is 14.0. The topological polar surface area (TPSA) is 108 Å². The van der Waals surface area contributed by atoms with Gasteiger partial charge in [0, 0.05) is 24.5 Å². The van der Waals surface area contributed by atoms with Gasteiger partial charge in [0.1, 0.15) is 11.1 Å². The first-order valence-corrected chi connectivity index (χ1v) is 9.66. The van der Waals surface area contributed by atoms with Crippen LogP contribution in [0.15, 0.2) is 65.8 Å². The second kappa shape index (κ2) is 9.48. The third kappa shape index (κ3) is 5.64. The number of hydrogen-bond acceptors (Lipinski definition) is 6. The fraction of sp³-hybridized carbons (Fsp3) is 0.0952. The van der Waals surface area contributed by atoms with Crippen LogP contribution in [-0.2, 0) is 9.59 Å². The van der Waals surface area contributed by atoms with Gasteiger partial charge in [0.2, 0.25) is 11.8 Å². The Hall–Kier alpha value is -3.70. The number of benzene rings is 1. The SMILES string of the molecule is CC(=O)Nc1ccc(NC(=O)CSc2nc(-c3ccccn3)ccc2C#N)cc1. The van der Waals surface area contributed by atoms with Crippen molar-refractivity contribution in [1.29, 1.82) is 5.26 Å². The van der Waals surface area contributed by atoms with Crippen LogP contribution in [0.3, 0.4) is 0 Å². The van der Waals surface area contributed by atoms with E-state index in [0.717, 1.165) is 0 Å². The Morgan fingerprint density at radius 1 is 1.00 bits per heavy atom. The number of thioether (sulfide) groups is 1. The van der Waals surface area contributed by atoms with E-state index in [1.54, 1.807) is 42.6 Å². The molecule has 2 amide bonds. The maximum atomic E-state index is 12.3. The molecule has 2 heterocycles. The molecule has 7 nitrogen and oxygen atoms in total. The van der Waals surface area contributed by atoms with E-state index < -0.39 is 0 Å². The molecule has 3 aromatic rings. The molecular formula is C21H17N5O2S. The van der Waals surface area contributed by atoms with Crippen LogP contribution in [0.4, 0.5) is 11.4 Å². The van der Waals surface area contributed by atoms with Gasteiger partial charge in [0.15, 0.2) is 0 Å². The van der Waals surface area contributed by atoms with E-state index in [-0.39, 0.29) is 17.6 Å². The first-order valence-electron chi connectivity index (χ1n) is 8.68. The second-order valence-corrected chi connectivity index (χ2v) is 6.94. The number of nitriles is 1. The zero-order valence-electron chi connectivity index (χ0n) is 15.5. The van der Waals surface area contributed by atoms with Gasteiger partial charge in [-0.05, 0) is 48.5 Å². The van der Waals surface area contributed by atoms with E-state index in [0.29, 0.717) is 33.4 Å². The van der Waals surface area contributed by atoms with E-state index in [1.807, 2.05) is 18.2 Å². The predicted molar refractivity (Wildman–Crippen MR) is 112 cm³/mol. The predicted octanol–water partition coefficient (Wildman–Crippen LogP) is 3.70.